The van der Waals surface area contributed by atoms with Gasteiger partial charge in [0.15, 0.2) is 0 Å². The van der Waals surface area contributed by atoms with E-state index in [1.807, 2.05) is 0 Å². The van der Waals surface area contributed by atoms with Gasteiger partial charge < -0.3 is 4.74 Å². The monoisotopic (exact) mass is 510 g/mol. The second kappa shape index (κ2) is 11.4. The highest BCUT2D eigenvalue weighted by atomic mass is 19.3. The summed E-state index contributed by atoms with van der Waals surface area (Å²) in [6, 6.07) is 16.1. The first kappa shape index (κ1) is 26.0. The molecule has 0 N–H and O–H groups in total. The van der Waals surface area contributed by atoms with Crippen molar-refractivity contribution < 1.29 is 22.3 Å². The highest BCUT2D eigenvalue weighted by Gasteiger charge is 2.32. The number of ether oxygens (including phenoxy) is 1. The summed E-state index contributed by atoms with van der Waals surface area (Å²) >= 11 is 0. The molecule has 1 atom stereocenters. The summed E-state index contributed by atoms with van der Waals surface area (Å²) in [6.45, 7) is 2.59. The molecule has 1 unspecified atom stereocenters. The average Bonchev–Trinajstić information content (AvgIpc) is 3.74. The average molecular weight is 511 g/mol. The summed E-state index contributed by atoms with van der Waals surface area (Å²) in [6.07, 6.45) is 5.48. The van der Waals surface area contributed by atoms with Crippen molar-refractivity contribution in [3.05, 3.63) is 94.0 Å². The van der Waals surface area contributed by atoms with Gasteiger partial charge in [-0.25, -0.2) is 17.6 Å². The predicted octanol–water partition coefficient (Wildman–Crippen LogP) is 9.50. The Labute approximate surface area is 216 Å². The Hall–Kier alpha value is -2.66. The highest BCUT2D eigenvalue weighted by molar-refractivity contribution is 5.69. The van der Waals surface area contributed by atoms with E-state index in [0.717, 1.165) is 11.5 Å². The van der Waals surface area contributed by atoms with E-state index < -0.39 is 29.7 Å². The second-order valence-electron chi connectivity index (χ2n) is 10.6. The molecule has 0 spiro atoms. The van der Waals surface area contributed by atoms with Crippen LogP contribution in [0.5, 0.6) is 0 Å². The molecular formula is C32H34F4O. The Morgan fingerprint density at radius 2 is 1.62 bits per heavy atom. The summed E-state index contributed by atoms with van der Waals surface area (Å²) < 4.78 is 62.3. The Morgan fingerprint density at radius 1 is 0.892 bits per heavy atom. The lowest BCUT2D eigenvalue weighted by Crippen LogP contribution is -2.13. The lowest BCUT2D eigenvalue weighted by Gasteiger charge is -2.28. The van der Waals surface area contributed by atoms with E-state index >= 15 is 0 Å². The molecule has 5 heteroatoms. The maximum absolute atomic E-state index is 15.0. The van der Waals surface area contributed by atoms with Crippen LogP contribution in [0.25, 0.3) is 11.1 Å². The molecule has 1 heterocycles. The molecule has 1 saturated carbocycles. The Bertz CT molecular complexity index is 1210. The fourth-order valence-corrected chi connectivity index (χ4v) is 5.90. The number of benzene rings is 3. The van der Waals surface area contributed by atoms with Crippen LogP contribution in [0.15, 0.2) is 54.6 Å². The molecule has 37 heavy (non-hydrogen) atoms. The number of hydrogen-bond acceptors (Lipinski definition) is 1. The SMILES string of the molecule is CCCC1CCC(c2ccc(CCc3ccc(-c4ccc(C5CO5)c(F)c4C(F)F)cc3F)cc2)CC1. The van der Waals surface area contributed by atoms with E-state index in [0.29, 0.717) is 30.9 Å². The molecule has 1 nitrogen and oxygen atoms in total. The van der Waals surface area contributed by atoms with Gasteiger partial charge in [0, 0.05) is 5.56 Å². The van der Waals surface area contributed by atoms with Crippen LogP contribution in [0.2, 0.25) is 0 Å². The van der Waals surface area contributed by atoms with Gasteiger partial charge in [0.2, 0.25) is 0 Å². The standard InChI is InChI=1S/C32H34F4O/c1-2-3-20-4-9-22(10-5-20)23-11-6-21(7-12-23)8-13-24-14-15-25(18-28(24)33)26-16-17-27(29-19-37-29)31(34)30(26)32(35)36/h6-7,11-12,14-18,20,22,29,32H,2-5,8-10,13,19H2,1H3. The number of hydrogen-bond donors (Lipinski definition) is 0. The minimum atomic E-state index is -3.01. The van der Waals surface area contributed by atoms with E-state index in [1.54, 1.807) is 12.1 Å². The zero-order chi connectivity index (χ0) is 25.9. The van der Waals surface area contributed by atoms with Crippen molar-refractivity contribution in [2.75, 3.05) is 6.61 Å². The van der Waals surface area contributed by atoms with Crippen LogP contribution >= 0.6 is 0 Å². The molecule has 0 amide bonds. The maximum Gasteiger partial charge on any atom is 0.267 e. The number of epoxide rings is 1. The van der Waals surface area contributed by atoms with Crippen LogP contribution in [0.1, 0.15) is 91.7 Å². The van der Waals surface area contributed by atoms with Gasteiger partial charge in [-0.1, -0.05) is 68.3 Å². The normalized spacial score (nSPS) is 21.4. The summed E-state index contributed by atoms with van der Waals surface area (Å²) in [5, 5.41) is 0. The van der Waals surface area contributed by atoms with E-state index in [4.69, 9.17) is 4.74 Å². The van der Waals surface area contributed by atoms with Gasteiger partial charge in [-0.3, -0.25) is 0 Å². The van der Waals surface area contributed by atoms with Gasteiger partial charge in [-0.15, -0.1) is 0 Å². The molecule has 0 bridgehead atoms. The fraction of sp³-hybridized carbons (Fsp3) is 0.438. The van der Waals surface area contributed by atoms with Gasteiger partial charge in [0.05, 0.1) is 12.2 Å². The number of halogens is 4. The third-order valence-corrected chi connectivity index (χ3v) is 8.15. The second-order valence-corrected chi connectivity index (χ2v) is 10.6. The summed E-state index contributed by atoms with van der Waals surface area (Å²) in [4.78, 5) is 0. The first-order valence-corrected chi connectivity index (χ1v) is 13.5. The van der Waals surface area contributed by atoms with Crippen molar-refractivity contribution in [2.45, 2.75) is 76.7 Å². The predicted molar refractivity (Wildman–Crippen MR) is 139 cm³/mol. The molecule has 1 aliphatic heterocycles. The van der Waals surface area contributed by atoms with Crippen LogP contribution in [0.3, 0.4) is 0 Å². The Morgan fingerprint density at radius 3 is 2.24 bits per heavy atom. The topological polar surface area (TPSA) is 12.5 Å². The zero-order valence-electron chi connectivity index (χ0n) is 21.3. The molecule has 3 aromatic rings. The largest absolute Gasteiger partial charge is 0.368 e. The van der Waals surface area contributed by atoms with E-state index in [-0.39, 0.29) is 16.7 Å². The first-order valence-electron chi connectivity index (χ1n) is 13.5. The lowest BCUT2D eigenvalue weighted by atomic mass is 9.77. The van der Waals surface area contributed by atoms with Gasteiger partial charge in [0.25, 0.3) is 6.43 Å². The van der Waals surface area contributed by atoms with Crippen molar-refractivity contribution >= 4 is 0 Å². The summed E-state index contributed by atoms with van der Waals surface area (Å²) in [5.41, 5.74) is 2.76. The van der Waals surface area contributed by atoms with Crippen LogP contribution < -0.4 is 0 Å². The molecule has 0 aromatic heterocycles. The summed E-state index contributed by atoms with van der Waals surface area (Å²) in [5.74, 6) is 0.102. The Kier molecular flexibility index (Phi) is 7.99. The molecule has 3 aromatic carbocycles. The quantitative estimate of drug-likeness (QED) is 0.206. The van der Waals surface area contributed by atoms with Gasteiger partial charge >= 0.3 is 0 Å². The molecule has 1 aliphatic carbocycles. The first-order chi connectivity index (χ1) is 17.9. The van der Waals surface area contributed by atoms with Crippen molar-refractivity contribution in [3.8, 4) is 11.1 Å². The molecule has 0 radical (unpaired) electrons. The lowest BCUT2D eigenvalue weighted by molar-refractivity contribution is 0.146. The van der Waals surface area contributed by atoms with Gasteiger partial charge in [0.1, 0.15) is 17.7 Å². The van der Waals surface area contributed by atoms with Crippen LogP contribution in [0.4, 0.5) is 17.6 Å². The van der Waals surface area contributed by atoms with Crippen LogP contribution in [-0.4, -0.2) is 6.61 Å². The zero-order valence-corrected chi connectivity index (χ0v) is 21.3. The highest BCUT2D eigenvalue weighted by Crippen LogP contribution is 2.41. The molecule has 2 fully saturated rings. The molecule has 5 rings (SSSR count). The van der Waals surface area contributed by atoms with E-state index in [9.17, 15) is 17.6 Å². The van der Waals surface area contributed by atoms with Gasteiger partial charge in [-0.2, -0.15) is 0 Å². The van der Waals surface area contributed by atoms with Crippen LogP contribution in [0, 0.1) is 17.6 Å². The molecule has 196 valence electrons. The molecule has 1 saturated heterocycles. The van der Waals surface area contributed by atoms with E-state index in [2.05, 4.69) is 31.2 Å². The van der Waals surface area contributed by atoms with E-state index in [1.165, 1.54) is 62.3 Å². The van der Waals surface area contributed by atoms with Crippen molar-refractivity contribution in [1.29, 1.82) is 0 Å². The third kappa shape index (κ3) is 5.93. The number of aryl methyl sites for hydroxylation is 2. The Balaban J connectivity index is 1.24. The van der Waals surface area contributed by atoms with Crippen molar-refractivity contribution in [3.63, 3.8) is 0 Å². The fourth-order valence-electron chi connectivity index (χ4n) is 5.90. The third-order valence-electron chi connectivity index (χ3n) is 8.15. The van der Waals surface area contributed by atoms with Crippen molar-refractivity contribution in [1.82, 2.24) is 0 Å². The smallest absolute Gasteiger partial charge is 0.267 e. The minimum absolute atomic E-state index is 0.0154. The molecular weight excluding hydrogens is 476 g/mol. The maximum atomic E-state index is 15.0. The number of alkyl halides is 2. The van der Waals surface area contributed by atoms with Crippen molar-refractivity contribution in [2.24, 2.45) is 5.92 Å². The van der Waals surface area contributed by atoms with Gasteiger partial charge in [-0.05, 0) is 84.2 Å². The summed E-state index contributed by atoms with van der Waals surface area (Å²) in [7, 11) is 0. The van der Waals surface area contributed by atoms with Crippen LogP contribution in [-0.2, 0) is 17.6 Å². The minimum Gasteiger partial charge on any atom is -0.368 e. The number of rotatable bonds is 9. The molecule has 2 aliphatic rings.